The van der Waals surface area contributed by atoms with Crippen molar-refractivity contribution >= 4 is 5.91 Å². The minimum atomic E-state index is -0.460. The predicted octanol–water partition coefficient (Wildman–Crippen LogP) is -0.161. The second kappa shape index (κ2) is 6.51. The van der Waals surface area contributed by atoms with Gasteiger partial charge in [0.2, 0.25) is 5.91 Å². The van der Waals surface area contributed by atoms with Crippen LogP contribution < -0.4 is 11.1 Å². The highest BCUT2D eigenvalue weighted by molar-refractivity contribution is 5.82. The predicted molar refractivity (Wildman–Crippen MR) is 68.7 cm³/mol. The molecule has 2 rings (SSSR count). The molecule has 1 amide bonds. The molecule has 1 aromatic heterocycles. The van der Waals surface area contributed by atoms with Crippen LogP contribution in [0, 0.1) is 0 Å². The highest BCUT2D eigenvalue weighted by Crippen LogP contribution is 2.09. The lowest BCUT2D eigenvalue weighted by molar-refractivity contribution is -0.133. The van der Waals surface area contributed by atoms with Gasteiger partial charge in [-0.05, 0) is 19.3 Å². The molecular formula is C12H21N5O. The first kappa shape index (κ1) is 13.0. The number of amides is 1. The third-order valence-electron chi connectivity index (χ3n) is 3.20. The number of imidazole rings is 1. The molecule has 1 fully saturated rings. The van der Waals surface area contributed by atoms with E-state index in [1.54, 1.807) is 12.4 Å². The van der Waals surface area contributed by atoms with Crippen molar-refractivity contribution in [3.05, 3.63) is 18.2 Å². The van der Waals surface area contributed by atoms with Gasteiger partial charge in [0.15, 0.2) is 0 Å². The number of likely N-dealkylation sites (tertiary alicyclic amines) is 1. The van der Waals surface area contributed by atoms with E-state index in [2.05, 4.69) is 15.3 Å². The standard InChI is InChI=1S/C12H21N5O/c13-10(8-14-9-11-15-4-5-16-11)12(18)17-6-2-1-3-7-17/h4-5,10,14H,1-3,6-9,13H2,(H,15,16). The zero-order chi connectivity index (χ0) is 12.8. The molecule has 2 heterocycles. The third-order valence-corrected chi connectivity index (χ3v) is 3.20. The molecule has 1 aliphatic rings. The highest BCUT2D eigenvalue weighted by atomic mass is 16.2. The van der Waals surface area contributed by atoms with Gasteiger partial charge in [-0.25, -0.2) is 4.98 Å². The summed E-state index contributed by atoms with van der Waals surface area (Å²) in [4.78, 5) is 21.0. The number of carbonyl (C=O) groups excluding carboxylic acids is 1. The summed E-state index contributed by atoms with van der Waals surface area (Å²) in [6.07, 6.45) is 6.89. The van der Waals surface area contributed by atoms with Gasteiger partial charge < -0.3 is 20.9 Å². The molecule has 1 aromatic rings. The Morgan fingerprint density at radius 2 is 2.28 bits per heavy atom. The Kier molecular flexibility index (Phi) is 4.72. The lowest BCUT2D eigenvalue weighted by Gasteiger charge is -2.29. The Morgan fingerprint density at radius 3 is 2.94 bits per heavy atom. The van der Waals surface area contributed by atoms with E-state index >= 15 is 0 Å². The molecule has 0 aromatic carbocycles. The molecule has 0 bridgehead atoms. The van der Waals surface area contributed by atoms with E-state index < -0.39 is 6.04 Å². The quantitative estimate of drug-likeness (QED) is 0.678. The van der Waals surface area contributed by atoms with E-state index in [0.717, 1.165) is 31.8 Å². The van der Waals surface area contributed by atoms with Crippen LogP contribution in [0.15, 0.2) is 12.4 Å². The lowest BCUT2D eigenvalue weighted by atomic mass is 10.1. The number of aromatic nitrogens is 2. The topological polar surface area (TPSA) is 87.0 Å². The van der Waals surface area contributed by atoms with E-state index in [-0.39, 0.29) is 5.91 Å². The summed E-state index contributed by atoms with van der Waals surface area (Å²) in [5.74, 6) is 0.911. The van der Waals surface area contributed by atoms with Crippen LogP contribution in [-0.4, -0.2) is 46.5 Å². The SMILES string of the molecule is NC(CNCc1ncc[nH]1)C(=O)N1CCCCC1. The Balaban J connectivity index is 1.70. The molecular weight excluding hydrogens is 230 g/mol. The van der Waals surface area contributed by atoms with Crippen molar-refractivity contribution in [3.8, 4) is 0 Å². The Morgan fingerprint density at radius 1 is 1.50 bits per heavy atom. The van der Waals surface area contributed by atoms with Crippen molar-refractivity contribution in [2.24, 2.45) is 5.73 Å². The lowest BCUT2D eigenvalue weighted by Crippen LogP contribution is -2.50. The van der Waals surface area contributed by atoms with Crippen LogP contribution in [0.4, 0.5) is 0 Å². The first-order valence-electron chi connectivity index (χ1n) is 6.50. The molecule has 6 heteroatoms. The fourth-order valence-corrected chi connectivity index (χ4v) is 2.18. The maximum Gasteiger partial charge on any atom is 0.240 e. The highest BCUT2D eigenvalue weighted by Gasteiger charge is 2.21. The summed E-state index contributed by atoms with van der Waals surface area (Å²) in [5.41, 5.74) is 5.90. The molecule has 18 heavy (non-hydrogen) atoms. The van der Waals surface area contributed by atoms with Crippen LogP contribution in [0.1, 0.15) is 25.1 Å². The maximum atomic E-state index is 12.0. The number of piperidine rings is 1. The van der Waals surface area contributed by atoms with E-state index in [1.165, 1.54) is 6.42 Å². The van der Waals surface area contributed by atoms with Gasteiger partial charge in [0, 0.05) is 32.0 Å². The van der Waals surface area contributed by atoms with Gasteiger partial charge in [-0.3, -0.25) is 4.79 Å². The summed E-state index contributed by atoms with van der Waals surface area (Å²) in [6.45, 7) is 2.79. The van der Waals surface area contributed by atoms with Crippen LogP contribution in [0.2, 0.25) is 0 Å². The molecule has 1 aliphatic heterocycles. The van der Waals surface area contributed by atoms with Crippen LogP contribution in [0.25, 0.3) is 0 Å². The average Bonchev–Trinajstić information content (AvgIpc) is 2.92. The van der Waals surface area contributed by atoms with Crippen LogP contribution in [0.3, 0.4) is 0 Å². The number of nitrogens with two attached hydrogens (primary N) is 1. The second-order valence-electron chi connectivity index (χ2n) is 4.66. The monoisotopic (exact) mass is 251 g/mol. The number of nitrogens with one attached hydrogen (secondary N) is 2. The third kappa shape index (κ3) is 3.54. The van der Waals surface area contributed by atoms with Crippen molar-refractivity contribution in [2.45, 2.75) is 31.8 Å². The summed E-state index contributed by atoms with van der Waals surface area (Å²) < 4.78 is 0. The Labute approximate surface area is 107 Å². The van der Waals surface area contributed by atoms with Gasteiger partial charge in [0.1, 0.15) is 5.82 Å². The minimum absolute atomic E-state index is 0.0571. The molecule has 100 valence electrons. The second-order valence-corrected chi connectivity index (χ2v) is 4.66. The zero-order valence-corrected chi connectivity index (χ0v) is 10.6. The number of hydrogen-bond acceptors (Lipinski definition) is 4. The minimum Gasteiger partial charge on any atom is -0.348 e. The average molecular weight is 251 g/mol. The molecule has 1 unspecified atom stereocenters. The van der Waals surface area contributed by atoms with Gasteiger partial charge in [-0.1, -0.05) is 0 Å². The van der Waals surface area contributed by atoms with Gasteiger partial charge in [0.05, 0.1) is 12.6 Å². The van der Waals surface area contributed by atoms with Crippen molar-refractivity contribution in [1.82, 2.24) is 20.2 Å². The van der Waals surface area contributed by atoms with E-state index in [9.17, 15) is 4.79 Å². The number of hydrogen-bond donors (Lipinski definition) is 3. The van der Waals surface area contributed by atoms with Crippen LogP contribution in [0.5, 0.6) is 0 Å². The number of rotatable bonds is 5. The molecule has 6 nitrogen and oxygen atoms in total. The molecule has 0 saturated carbocycles. The van der Waals surface area contributed by atoms with Crippen molar-refractivity contribution < 1.29 is 4.79 Å². The number of nitrogens with zero attached hydrogens (tertiary/aromatic N) is 2. The van der Waals surface area contributed by atoms with Crippen molar-refractivity contribution in [2.75, 3.05) is 19.6 Å². The smallest absolute Gasteiger partial charge is 0.240 e. The molecule has 1 saturated heterocycles. The number of aromatic amines is 1. The largest absolute Gasteiger partial charge is 0.348 e. The normalized spacial score (nSPS) is 17.7. The van der Waals surface area contributed by atoms with Gasteiger partial charge in [-0.15, -0.1) is 0 Å². The molecule has 0 aliphatic carbocycles. The first-order chi connectivity index (χ1) is 8.77. The summed E-state index contributed by atoms with van der Waals surface area (Å²) >= 11 is 0. The fraction of sp³-hybridized carbons (Fsp3) is 0.667. The van der Waals surface area contributed by atoms with Gasteiger partial charge in [-0.2, -0.15) is 0 Å². The van der Waals surface area contributed by atoms with Crippen LogP contribution in [-0.2, 0) is 11.3 Å². The van der Waals surface area contributed by atoms with Crippen molar-refractivity contribution in [3.63, 3.8) is 0 Å². The maximum absolute atomic E-state index is 12.0. The Bertz CT molecular complexity index is 359. The number of carbonyl (C=O) groups is 1. The van der Waals surface area contributed by atoms with Gasteiger partial charge in [0.25, 0.3) is 0 Å². The number of H-pyrrole nitrogens is 1. The molecule has 0 radical (unpaired) electrons. The molecule has 4 N–H and O–H groups in total. The van der Waals surface area contributed by atoms with E-state index in [4.69, 9.17) is 5.73 Å². The summed E-state index contributed by atoms with van der Waals surface area (Å²) in [6, 6.07) is -0.460. The first-order valence-corrected chi connectivity index (χ1v) is 6.50. The van der Waals surface area contributed by atoms with E-state index in [1.807, 2.05) is 4.90 Å². The fourth-order valence-electron chi connectivity index (χ4n) is 2.18. The van der Waals surface area contributed by atoms with Crippen LogP contribution >= 0.6 is 0 Å². The van der Waals surface area contributed by atoms with E-state index in [0.29, 0.717) is 13.1 Å². The Hall–Kier alpha value is -1.40. The zero-order valence-electron chi connectivity index (χ0n) is 10.6. The van der Waals surface area contributed by atoms with Crippen molar-refractivity contribution in [1.29, 1.82) is 0 Å². The molecule has 0 spiro atoms. The molecule has 1 atom stereocenters. The summed E-state index contributed by atoms with van der Waals surface area (Å²) in [7, 11) is 0. The van der Waals surface area contributed by atoms with Gasteiger partial charge >= 0.3 is 0 Å². The summed E-state index contributed by atoms with van der Waals surface area (Å²) in [5, 5.41) is 3.14.